The molecule has 52 heavy (non-hydrogen) atoms. The minimum Gasteiger partial charge on any atom is -0.475 e. The van der Waals surface area contributed by atoms with Crippen LogP contribution in [0.4, 0.5) is 32.0 Å². The Kier molecular flexibility index (Phi) is 15.0. The first kappa shape index (κ1) is 41.7. The first-order valence-corrected chi connectivity index (χ1v) is 16.2. The molecule has 0 spiro atoms. The van der Waals surface area contributed by atoms with E-state index < -0.39 is 24.3 Å². The van der Waals surface area contributed by atoms with Crippen molar-refractivity contribution in [2.45, 2.75) is 44.8 Å². The Morgan fingerprint density at radius 1 is 0.788 bits per heavy atom. The highest BCUT2D eigenvalue weighted by atomic mass is 35.5. The van der Waals surface area contributed by atoms with Gasteiger partial charge >= 0.3 is 24.3 Å². The number of amides is 2. The van der Waals surface area contributed by atoms with E-state index in [1.54, 1.807) is 29.2 Å². The van der Waals surface area contributed by atoms with Gasteiger partial charge in [-0.3, -0.25) is 9.59 Å². The predicted molar refractivity (Wildman–Crippen MR) is 180 cm³/mol. The Balaban J connectivity index is 0.000000441. The Bertz CT molecular complexity index is 1640. The van der Waals surface area contributed by atoms with E-state index in [1.807, 2.05) is 29.2 Å². The summed E-state index contributed by atoms with van der Waals surface area (Å²) in [5.74, 6) is -5.78. The molecule has 2 N–H and O–H groups in total. The molecular weight excluding hydrogens is 722 g/mol. The maximum absolute atomic E-state index is 13.5. The number of likely N-dealkylation sites (tertiary alicyclic amines) is 1. The van der Waals surface area contributed by atoms with Crippen LogP contribution >= 0.6 is 11.6 Å². The Morgan fingerprint density at radius 3 is 1.85 bits per heavy atom. The van der Waals surface area contributed by atoms with Crippen LogP contribution in [0.5, 0.6) is 0 Å². The lowest BCUT2D eigenvalue weighted by molar-refractivity contribution is -0.193. The van der Waals surface area contributed by atoms with E-state index >= 15 is 0 Å². The Morgan fingerprint density at radius 2 is 1.31 bits per heavy atom. The molecule has 2 amide bonds. The van der Waals surface area contributed by atoms with Gasteiger partial charge in [0.2, 0.25) is 5.91 Å². The summed E-state index contributed by atoms with van der Waals surface area (Å²) < 4.78 is 63.5. The molecule has 5 rings (SSSR count). The Labute approximate surface area is 300 Å². The average Bonchev–Trinajstić information content (AvgIpc) is 3.56. The van der Waals surface area contributed by atoms with Gasteiger partial charge in [-0.25, -0.2) is 9.59 Å². The lowest BCUT2D eigenvalue weighted by atomic mass is 10.1. The summed E-state index contributed by atoms with van der Waals surface area (Å²) >= 11 is 6.00. The highest BCUT2D eigenvalue weighted by Gasteiger charge is 2.39. The van der Waals surface area contributed by atoms with Crippen LogP contribution in [0.2, 0.25) is 5.02 Å². The van der Waals surface area contributed by atoms with E-state index in [4.69, 9.17) is 31.4 Å². The summed E-state index contributed by atoms with van der Waals surface area (Å²) in [4.78, 5) is 52.8. The van der Waals surface area contributed by atoms with Crippen LogP contribution in [0.3, 0.4) is 0 Å². The van der Waals surface area contributed by atoms with Crippen molar-refractivity contribution < 1.29 is 55.7 Å². The number of para-hydroxylation sites is 1. The number of rotatable bonds is 8. The van der Waals surface area contributed by atoms with Crippen molar-refractivity contribution in [2.24, 2.45) is 0 Å². The zero-order valence-electron chi connectivity index (χ0n) is 28.0. The number of carbonyl (C=O) groups is 4. The number of anilines is 1. The molecule has 1 fully saturated rings. The molecule has 2 aliphatic rings. The highest BCUT2D eigenvalue weighted by Crippen LogP contribution is 2.28. The van der Waals surface area contributed by atoms with Crippen LogP contribution in [-0.4, -0.2) is 101 Å². The number of nitrogens with zero attached hydrogens (tertiary/aromatic N) is 4. The molecule has 10 nitrogen and oxygen atoms in total. The van der Waals surface area contributed by atoms with Gasteiger partial charge < -0.3 is 29.8 Å². The van der Waals surface area contributed by atoms with Crippen molar-refractivity contribution in [2.75, 3.05) is 44.7 Å². The maximum Gasteiger partial charge on any atom is 0.490 e. The lowest BCUT2D eigenvalue weighted by Gasteiger charge is -2.24. The van der Waals surface area contributed by atoms with E-state index in [9.17, 15) is 35.9 Å². The molecule has 282 valence electrons. The minimum atomic E-state index is -5.08. The van der Waals surface area contributed by atoms with Crippen LogP contribution < -0.4 is 4.90 Å². The Hall–Kier alpha value is -4.67. The standard InChI is InChI=1S/C31H35ClN4O2.2C2HF3O2/c1-33(18-19-34-16-4-5-17-34)20-24-8-10-25(11-9-24)21-36-29-7-3-2-6-27(29)22-35(23-30(36)37)31(38)26-12-14-28(32)15-13-26;2*3-2(4,5)1(6)7/h2-3,6-15H,4-5,16-23H2,1H3;2*(H,6,7). The van der Waals surface area contributed by atoms with Crippen molar-refractivity contribution in [1.82, 2.24) is 14.7 Å². The highest BCUT2D eigenvalue weighted by molar-refractivity contribution is 6.30. The van der Waals surface area contributed by atoms with E-state index in [-0.39, 0.29) is 18.4 Å². The fourth-order valence-corrected chi connectivity index (χ4v) is 5.41. The van der Waals surface area contributed by atoms with Crippen LogP contribution in [0.1, 0.15) is 39.9 Å². The molecule has 3 aromatic rings. The van der Waals surface area contributed by atoms with Gasteiger partial charge in [0.05, 0.1) is 6.54 Å². The first-order chi connectivity index (χ1) is 24.3. The maximum atomic E-state index is 13.5. The second-order valence-electron chi connectivity index (χ2n) is 12.0. The molecule has 2 aliphatic heterocycles. The number of fused-ring (bicyclic) bond motifs is 1. The van der Waals surface area contributed by atoms with E-state index in [2.05, 4.69) is 41.1 Å². The number of alkyl halides is 6. The number of hydrogen-bond donors (Lipinski definition) is 2. The van der Waals surface area contributed by atoms with Crippen molar-refractivity contribution in [3.05, 3.63) is 100 Å². The number of carbonyl (C=O) groups excluding carboxylic acids is 2. The number of carboxylic acid groups (broad SMARTS) is 2. The summed E-state index contributed by atoms with van der Waals surface area (Å²) in [6.45, 7) is 6.42. The van der Waals surface area contributed by atoms with Crippen molar-refractivity contribution >= 4 is 41.0 Å². The monoisotopic (exact) mass is 758 g/mol. The summed E-state index contributed by atoms with van der Waals surface area (Å²) in [5, 5.41) is 14.8. The molecule has 0 atom stereocenters. The molecule has 0 radical (unpaired) electrons. The van der Waals surface area contributed by atoms with Crippen LogP contribution in [0.15, 0.2) is 72.8 Å². The fraction of sp³-hybridized carbons (Fsp3) is 0.371. The third kappa shape index (κ3) is 13.1. The fourth-order valence-electron chi connectivity index (χ4n) is 5.29. The molecule has 0 aromatic heterocycles. The SMILES string of the molecule is CN(CCN1CCCC1)Cc1ccc(CN2C(=O)CN(C(=O)c3ccc(Cl)cc3)Cc3ccccc32)cc1.O=C(O)C(F)(F)F.O=C(O)C(F)(F)F. The molecule has 2 heterocycles. The number of hydrogen-bond acceptors (Lipinski definition) is 6. The zero-order valence-corrected chi connectivity index (χ0v) is 28.7. The van der Waals surface area contributed by atoms with Crippen LogP contribution in [0.25, 0.3) is 0 Å². The summed E-state index contributed by atoms with van der Waals surface area (Å²) in [6, 6.07) is 23.2. The van der Waals surface area contributed by atoms with Gasteiger partial charge in [0.15, 0.2) is 0 Å². The molecule has 3 aromatic carbocycles. The zero-order chi connectivity index (χ0) is 38.6. The van der Waals surface area contributed by atoms with Gasteiger partial charge in [0.1, 0.15) is 6.54 Å². The smallest absolute Gasteiger partial charge is 0.475 e. The molecule has 0 unspecified atom stereocenters. The number of aliphatic carboxylic acids is 2. The normalized spacial score (nSPS) is 14.8. The molecule has 0 saturated carbocycles. The summed E-state index contributed by atoms with van der Waals surface area (Å²) in [7, 11) is 2.17. The van der Waals surface area contributed by atoms with Gasteiger partial charge in [-0.15, -0.1) is 0 Å². The van der Waals surface area contributed by atoms with Gasteiger partial charge in [-0.05, 0) is 80.0 Å². The second kappa shape index (κ2) is 18.7. The third-order valence-corrected chi connectivity index (χ3v) is 8.20. The van der Waals surface area contributed by atoms with E-state index in [0.29, 0.717) is 23.7 Å². The molecule has 0 bridgehead atoms. The summed E-state index contributed by atoms with van der Waals surface area (Å²) in [6.07, 6.45) is -7.52. The molecule has 1 saturated heterocycles. The number of likely N-dealkylation sites (N-methyl/N-ethyl adjacent to an activating group) is 1. The summed E-state index contributed by atoms with van der Waals surface area (Å²) in [5.41, 5.74) is 4.66. The molecule has 17 heteroatoms. The van der Waals surface area contributed by atoms with E-state index in [0.717, 1.165) is 36.4 Å². The largest absolute Gasteiger partial charge is 0.490 e. The lowest BCUT2D eigenvalue weighted by Crippen LogP contribution is -2.39. The number of benzene rings is 3. The third-order valence-electron chi connectivity index (χ3n) is 7.95. The van der Waals surface area contributed by atoms with Crippen LogP contribution in [0, 0.1) is 0 Å². The topological polar surface area (TPSA) is 122 Å². The van der Waals surface area contributed by atoms with Crippen molar-refractivity contribution in [1.29, 1.82) is 0 Å². The van der Waals surface area contributed by atoms with Crippen molar-refractivity contribution in [3.8, 4) is 0 Å². The minimum absolute atomic E-state index is 0.0238. The van der Waals surface area contributed by atoms with E-state index in [1.165, 1.54) is 31.5 Å². The van der Waals surface area contributed by atoms with Gasteiger partial charge in [-0.2, -0.15) is 26.3 Å². The molecule has 0 aliphatic carbocycles. The first-order valence-electron chi connectivity index (χ1n) is 15.9. The second-order valence-corrected chi connectivity index (χ2v) is 12.4. The average molecular weight is 759 g/mol. The number of carboxylic acids is 2. The van der Waals surface area contributed by atoms with Gasteiger partial charge in [-0.1, -0.05) is 54.1 Å². The quantitative estimate of drug-likeness (QED) is 0.256. The van der Waals surface area contributed by atoms with Gasteiger partial charge in [0.25, 0.3) is 5.91 Å². The van der Waals surface area contributed by atoms with Crippen LogP contribution in [-0.2, 0) is 34.0 Å². The molecular formula is C35H37ClF6N4O6. The van der Waals surface area contributed by atoms with Crippen molar-refractivity contribution in [3.63, 3.8) is 0 Å². The number of halogens is 7. The van der Waals surface area contributed by atoms with Gasteiger partial charge in [0, 0.05) is 42.5 Å². The predicted octanol–water partition coefficient (Wildman–Crippen LogP) is 6.32.